The molecule has 3 rings (SSSR count). The molecule has 0 bridgehead atoms. The lowest BCUT2D eigenvalue weighted by atomic mass is 9.87. The first-order chi connectivity index (χ1) is 9.50. The molecule has 0 aromatic carbocycles. The summed E-state index contributed by atoms with van der Waals surface area (Å²) in [6.07, 6.45) is 0.912. The third kappa shape index (κ3) is 2.30. The van der Waals surface area contributed by atoms with Crippen LogP contribution in [0.25, 0.3) is 0 Å². The number of nitrogens with one attached hydrogen (secondary N) is 2. The molecule has 1 aromatic heterocycles. The molecular formula is C12H12IN3O3S. The molecule has 6 nitrogen and oxygen atoms in total. The van der Waals surface area contributed by atoms with Crippen molar-refractivity contribution < 1.29 is 14.4 Å². The first-order valence-electron chi connectivity index (χ1n) is 6.17. The molecule has 2 fully saturated rings. The minimum atomic E-state index is -0.822. The average Bonchev–Trinajstić information content (AvgIpc) is 2.95. The number of likely N-dealkylation sites (tertiary alicyclic amines) is 1. The Balaban J connectivity index is 1.68. The zero-order chi connectivity index (χ0) is 14.3. The number of hydrogen-bond acceptors (Lipinski definition) is 4. The number of urea groups is 1. The second-order valence-electron chi connectivity index (χ2n) is 4.92. The predicted octanol–water partition coefficient (Wildman–Crippen LogP) is 1.17. The van der Waals surface area contributed by atoms with Crippen molar-refractivity contribution in [3.05, 3.63) is 19.9 Å². The van der Waals surface area contributed by atoms with Gasteiger partial charge in [-0.1, -0.05) is 0 Å². The molecule has 106 valence electrons. The fourth-order valence-electron chi connectivity index (χ4n) is 2.58. The van der Waals surface area contributed by atoms with Gasteiger partial charge in [0, 0.05) is 18.5 Å². The maximum atomic E-state index is 12.3. The highest BCUT2D eigenvalue weighted by Gasteiger charge is 2.48. The fraction of sp³-hybridized carbons (Fsp3) is 0.417. The van der Waals surface area contributed by atoms with Gasteiger partial charge in [-0.3, -0.25) is 14.9 Å². The smallest absolute Gasteiger partial charge is 0.322 e. The van der Waals surface area contributed by atoms with Crippen LogP contribution in [0.3, 0.4) is 0 Å². The molecule has 8 heteroatoms. The normalized spacial score (nSPS) is 20.9. The van der Waals surface area contributed by atoms with Gasteiger partial charge in [0.15, 0.2) is 0 Å². The second kappa shape index (κ2) is 4.99. The Morgan fingerprint density at radius 3 is 2.55 bits per heavy atom. The number of amides is 4. The first-order valence-corrected chi connectivity index (χ1v) is 8.13. The zero-order valence-corrected chi connectivity index (χ0v) is 13.4. The van der Waals surface area contributed by atoms with E-state index >= 15 is 0 Å². The van der Waals surface area contributed by atoms with Crippen LogP contribution in [-0.4, -0.2) is 41.4 Å². The number of halogens is 1. The topological polar surface area (TPSA) is 78.5 Å². The summed E-state index contributed by atoms with van der Waals surface area (Å²) in [4.78, 5) is 37.1. The fourth-order valence-corrected chi connectivity index (χ4v) is 3.90. The van der Waals surface area contributed by atoms with Gasteiger partial charge in [0.25, 0.3) is 11.8 Å². The lowest BCUT2D eigenvalue weighted by molar-refractivity contribution is -0.125. The van der Waals surface area contributed by atoms with Gasteiger partial charge in [0.2, 0.25) is 0 Å². The Labute approximate surface area is 133 Å². The molecule has 0 atom stereocenters. The van der Waals surface area contributed by atoms with E-state index in [1.165, 1.54) is 11.3 Å². The van der Waals surface area contributed by atoms with Crippen molar-refractivity contribution in [2.75, 3.05) is 13.1 Å². The van der Waals surface area contributed by atoms with Crippen LogP contribution in [0, 0.1) is 2.88 Å². The van der Waals surface area contributed by atoms with E-state index in [-0.39, 0.29) is 11.8 Å². The van der Waals surface area contributed by atoms with Crippen molar-refractivity contribution in [1.82, 2.24) is 15.5 Å². The third-order valence-electron chi connectivity index (χ3n) is 3.73. The lowest BCUT2D eigenvalue weighted by Gasteiger charge is -2.36. The van der Waals surface area contributed by atoms with E-state index in [4.69, 9.17) is 0 Å². The van der Waals surface area contributed by atoms with Crippen molar-refractivity contribution in [2.24, 2.45) is 0 Å². The van der Waals surface area contributed by atoms with Crippen molar-refractivity contribution in [1.29, 1.82) is 0 Å². The Kier molecular flexibility index (Phi) is 3.44. The molecular weight excluding hydrogens is 393 g/mol. The third-order valence-corrected chi connectivity index (χ3v) is 5.52. The molecule has 1 aromatic rings. The first kappa shape index (κ1) is 13.8. The molecule has 2 aliphatic rings. The number of carbonyl (C=O) groups excluding carboxylic acids is 3. The highest BCUT2D eigenvalue weighted by atomic mass is 127. The molecule has 4 amide bonds. The van der Waals surface area contributed by atoms with E-state index in [0.29, 0.717) is 31.5 Å². The van der Waals surface area contributed by atoms with Crippen LogP contribution in [-0.2, 0) is 4.79 Å². The van der Waals surface area contributed by atoms with Gasteiger partial charge in [0.05, 0.1) is 8.45 Å². The number of rotatable bonds is 1. The lowest BCUT2D eigenvalue weighted by Crippen LogP contribution is -2.55. The SMILES string of the molecule is O=C1NC(=O)C2(CCN(C(=O)c3csc(I)c3)CC2)N1. The van der Waals surface area contributed by atoms with Crippen molar-refractivity contribution in [3.63, 3.8) is 0 Å². The minimum Gasteiger partial charge on any atom is -0.338 e. The van der Waals surface area contributed by atoms with Crippen LogP contribution in [0.4, 0.5) is 4.79 Å². The van der Waals surface area contributed by atoms with Gasteiger partial charge in [-0.2, -0.15) is 0 Å². The minimum absolute atomic E-state index is 0.0104. The Hall–Kier alpha value is -1.16. The molecule has 0 unspecified atom stereocenters. The summed E-state index contributed by atoms with van der Waals surface area (Å²) in [5, 5.41) is 6.80. The van der Waals surface area contributed by atoms with Gasteiger partial charge < -0.3 is 10.2 Å². The van der Waals surface area contributed by atoms with Crippen molar-refractivity contribution in [2.45, 2.75) is 18.4 Å². The van der Waals surface area contributed by atoms with Gasteiger partial charge >= 0.3 is 6.03 Å². The van der Waals surface area contributed by atoms with Gasteiger partial charge in [-0.15, -0.1) is 11.3 Å². The summed E-state index contributed by atoms with van der Waals surface area (Å²) in [6.45, 7) is 0.942. The van der Waals surface area contributed by atoms with Gasteiger partial charge in [0.1, 0.15) is 5.54 Å². The van der Waals surface area contributed by atoms with Crippen LogP contribution < -0.4 is 10.6 Å². The number of imide groups is 1. The Morgan fingerprint density at radius 1 is 1.35 bits per heavy atom. The summed E-state index contributed by atoms with van der Waals surface area (Å²) in [6, 6.07) is 1.42. The van der Waals surface area contributed by atoms with E-state index in [1.807, 2.05) is 11.4 Å². The molecule has 2 saturated heterocycles. The highest BCUT2D eigenvalue weighted by Crippen LogP contribution is 2.27. The number of carbonyl (C=O) groups is 3. The second-order valence-corrected chi connectivity index (χ2v) is 7.73. The largest absolute Gasteiger partial charge is 0.338 e. The summed E-state index contributed by atoms with van der Waals surface area (Å²) in [7, 11) is 0. The van der Waals surface area contributed by atoms with Crippen molar-refractivity contribution >= 4 is 51.8 Å². The standard InChI is InChI=1S/C12H12IN3O3S/c13-8-5-7(6-20-8)9(17)16-3-1-12(2-4-16)10(18)14-11(19)15-12/h5-6H,1-4H2,(H2,14,15,18,19). The molecule has 3 heterocycles. The van der Waals surface area contributed by atoms with Crippen LogP contribution in [0.5, 0.6) is 0 Å². The zero-order valence-electron chi connectivity index (χ0n) is 10.4. The number of thiophene rings is 1. The molecule has 1 spiro atoms. The van der Waals surface area contributed by atoms with Crippen LogP contribution in [0.1, 0.15) is 23.2 Å². The molecule has 0 saturated carbocycles. The van der Waals surface area contributed by atoms with E-state index < -0.39 is 11.6 Å². The van der Waals surface area contributed by atoms with E-state index in [2.05, 4.69) is 33.2 Å². The number of hydrogen-bond donors (Lipinski definition) is 2. The maximum absolute atomic E-state index is 12.3. The van der Waals surface area contributed by atoms with Gasteiger partial charge in [-0.25, -0.2) is 4.79 Å². The van der Waals surface area contributed by atoms with E-state index in [9.17, 15) is 14.4 Å². The molecule has 2 aliphatic heterocycles. The van der Waals surface area contributed by atoms with E-state index in [0.717, 1.165) is 2.88 Å². The number of nitrogens with zero attached hydrogens (tertiary/aromatic N) is 1. The number of piperidine rings is 1. The molecule has 0 radical (unpaired) electrons. The van der Waals surface area contributed by atoms with E-state index in [1.54, 1.807) is 4.90 Å². The average molecular weight is 405 g/mol. The molecule has 20 heavy (non-hydrogen) atoms. The van der Waals surface area contributed by atoms with Gasteiger partial charge in [-0.05, 0) is 41.5 Å². The van der Waals surface area contributed by atoms with Crippen LogP contribution in [0.15, 0.2) is 11.4 Å². The Morgan fingerprint density at radius 2 is 2.05 bits per heavy atom. The summed E-state index contributed by atoms with van der Waals surface area (Å²) in [5.74, 6) is -0.288. The van der Waals surface area contributed by atoms with Crippen LogP contribution in [0.2, 0.25) is 0 Å². The van der Waals surface area contributed by atoms with Crippen LogP contribution >= 0.6 is 33.9 Å². The monoisotopic (exact) mass is 405 g/mol. The highest BCUT2D eigenvalue weighted by molar-refractivity contribution is 14.1. The summed E-state index contributed by atoms with van der Waals surface area (Å²) < 4.78 is 1.07. The predicted molar refractivity (Wildman–Crippen MR) is 81.6 cm³/mol. The Bertz CT molecular complexity index is 593. The van der Waals surface area contributed by atoms with Crippen molar-refractivity contribution in [3.8, 4) is 0 Å². The molecule has 2 N–H and O–H groups in total. The molecule has 0 aliphatic carbocycles. The summed E-state index contributed by atoms with van der Waals surface area (Å²) in [5.41, 5.74) is -0.132. The quantitative estimate of drug-likeness (QED) is 0.544. The summed E-state index contributed by atoms with van der Waals surface area (Å²) >= 11 is 3.72. The maximum Gasteiger partial charge on any atom is 0.322 e.